The molecule has 4 rings (SSSR count). The number of hydrogen-bond acceptors (Lipinski definition) is 3. The van der Waals surface area contributed by atoms with E-state index in [1.54, 1.807) is 7.05 Å². The number of carbonyl (C=O) groups excluding carboxylic acids is 1. The first-order valence-corrected chi connectivity index (χ1v) is 9.69. The number of para-hydroxylation sites is 1. The van der Waals surface area contributed by atoms with Crippen molar-refractivity contribution in [3.8, 4) is 11.3 Å². The molecule has 6 nitrogen and oxygen atoms in total. The van der Waals surface area contributed by atoms with Gasteiger partial charge in [0.1, 0.15) is 0 Å². The van der Waals surface area contributed by atoms with Gasteiger partial charge in [0.05, 0.1) is 11.1 Å². The number of nitrogens with zero attached hydrogens (tertiary/aromatic N) is 2. The Hall–Kier alpha value is -3.93. The molecule has 0 aliphatic rings. The van der Waals surface area contributed by atoms with Crippen molar-refractivity contribution in [2.45, 2.75) is 13.5 Å². The number of nitrogens with one attached hydrogen (secondary N) is 2. The van der Waals surface area contributed by atoms with Gasteiger partial charge < -0.3 is 10.6 Å². The first kappa shape index (κ1) is 19.4. The second kappa shape index (κ2) is 8.21. The molecule has 1 aromatic heterocycles. The van der Waals surface area contributed by atoms with Crippen LogP contribution in [-0.4, -0.2) is 15.8 Å². The Bertz CT molecular complexity index is 1280. The second-order valence-electron chi connectivity index (χ2n) is 7.14. The summed E-state index contributed by atoms with van der Waals surface area (Å²) < 4.78 is 1.37. The maximum Gasteiger partial charge on any atom is 0.319 e. The van der Waals surface area contributed by atoms with Crippen LogP contribution < -0.4 is 16.2 Å². The number of carbonyl (C=O) groups is 1. The van der Waals surface area contributed by atoms with Gasteiger partial charge in [0, 0.05) is 30.2 Å². The van der Waals surface area contributed by atoms with Gasteiger partial charge in [0.2, 0.25) is 0 Å². The Morgan fingerprint density at radius 1 is 0.967 bits per heavy atom. The van der Waals surface area contributed by atoms with Crippen molar-refractivity contribution in [1.82, 2.24) is 15.1 Å². The number of amides is 2. The summed E-state index contributed by atoms with van der Waals surface area (Å²) in [7, 11) is 1.66. The largest absolute Gasteiger partial charge is 0.334 e. The summed E-state index contributed by atoms with van der Waals surface area (Å²) in [4.78, 5) is 24.5. The van der Waals surface area contributed by atoms with Gasteiger partial charge in [-0.05, 0) is 42.3 Å². The van der Waals surface area contributed by atoms with E-state index in [0.717, 1.165) is 33.5 Å². The van der Waals surface area contributed by atoms with E-state index in [-0.39, 0.29) is 11.6 Å². The Balaban J connectivity index is 1.56. The molecule has 6 heteroatoms. The van der Waals surface area contributed by atoms with E-state index in [2.05, 4.69) is 15.7 Å². The molecule has 2 amide bonds. The highest BCUT2D eigenvalue weighted by Crippen LogP contribution is 2.26. The van der Waals surface area contributed by atoms with Gasteiger partial charge in [0.15, 0.2) is 0 Å². The standard InChI is InChI=1S/C24H22N4O2/c1-16-14-17(22-20-10-6-7-11-21(20)23(29)28(2)27-22)12-13-18(16)15-25-24(30)26-19-8-4-3-5-9-19/h3-14H,15H2,1-2H3,(H2,25,26,30). The van der Waals surface area contributed by atoms with Crippen LogP contribution in [0, 0.1) is 6.92 Å². The molecule has 0 spiro atoms. The Labute approximate surface area is 174 Å². The highest BCUT2D eigenvalue weighted by molar-refractivity contribution is 5.94. The maximum atomic E-state index is 12.4. The molecular formula is C24H22N4O2. The van der Waals surface area contributed by atoms with Crippen LogP contribution in [0.2, 0.25) is 0 Å². The minimum Gasteiger partial charge on any atom is -0.334 e. The molecule has 0 saturated carbocycles. The van der Waals surface area contributed by atoms with Gasteiger partial charge in [-0.3, -0.25) is 4.79 Å². The summed E-state index contributed by atoms with van der Waals surface area (Å²) in [6.45, 7) is 2.41. The average Bonchev–Trinajstić information content (AvgIpc) is 2.76. The zero-order chi connectivity index (χ0) is 21.1. The highest BCUT2D eigenvalue weighted by atomic mass is 16.2. The van der Waals surface area contributed by atoms with E-state index < -0.39 is 0 Å². The molecule has 1 heterocycles. The number of anilines is 1. The summed E-state index contributed by atoms with van der Waals surface area (Å²) in [6.07, 6.45) is 0. The zero-order valence-electron chi connectivity index (χ0n) is 16.8. The number of aryl methyl sites for hydroxylation is 2. The van der Waals surface area contributed by atoms with Gasteiger partial charge >= 0.3 is 6.03 Å². The number of rotatable bonds is 4. The molecule has 0 saturated heterocycles. The molecule has 0 aliphatic heterocycles. The van der Waals surface area contributed by atoms with E-state index in [0.29, 0.717) is 11.9 Å². The van der Waals surface area contributed by atoms with Crippen molar-refractivity contribution < 1.29 is 4.79 Å². The predicted octanol–water partition coefficient (Wildman–Crippen LogP) is 4.23. The predicted molar refractivity (Wildman–Crippen MR) is 119 cm³/mol. The Kier molecular flexibility index (Phi) is 5.30. The fraction of sp³-hybridized carbons (Fsp3) is 0.125. The third kappa shape index (κ3) is 3.93. The van der Waals surface area contributed by atoms with E-state index in [1.165, 1.54) is 4.68 Å². The van der Waals surface area contributed by atoms with Crippen molar-refractivity contribution in [2.75, 3.05) is 5.32 Å². The molecule has 30 heavy (non-hydrogen) atoms. The lowest BCUT2D eigenvalue weighted by Gasteiger charge is -2.12. The van der Waals surface area contributed by atoms with E-state index in [9.17, 15) is 9.59 Å². The second-order valence-corrected chi connectivity index (χ2v) is 7.14. The Morgan fingerprint density at radius 3 is 2.40 bits per heavy atom. The summed E-state index contributed by atoms with van der Waals surface area (Å²) in [5, 5.41) is 11.6. The van der Waals surface area contributed by atoms with E-state index in [1.807, 2.05) is 79.7 Å². The Morgan fingerprint density at radius 2 is 1.67 bits per heavy atom. The summed E-state index contributed by atoms with van der Waals surface area (Å²) in [5.41, 5.74) is 4.36. The van der Waals surface area contributed by atoms with Crippen LogP contribution in [0.25, 0.3) is 22.0 Å². The minimum absolute atomic E-state index is 0.115. The van der Waals surface area contributed by atoms with Crippen LogP contribution in [0.15, 0.2) is 77.6 Å². The molecule has 0 radical (unpaired) electrons. The first-order valence-electron chi connectivity index (χ1n) is 9.69. The van der Waals surface area contributed by atoms with Crippen LogP contribution in [0.1, 0.15) is 11.1 Å². The fourth-order valence-corrected chi connectivity index (χ4v) is 3.43. The fourth-order valence-electron chi connectivity index (χ4n) is 3.43. The normalized spacial score (nSPS) is 10.7. The molecule has 4 aromatic rings. The van der Waals surface area contributed by atoms with Crippen molar-refractivity contribution in [3.63, 3.8) is 0 Å². The first-order chi connectivity index (χ1) is 14.5. The quantitative estimate of drug-likeness (QED) is 0.540. The topological polar surface area (TPSA) is 76.0 Å². The van der Waals surface area contributed by atoms with Crippen LogP contribution in [0.4, 0.5) is 10.5 Å². The van der Waals surface area contributed by atoms with Crippen molar-refractivity contribution in [3.05, 3.63) is 94.3 Å². The van der Waals surface area contributed by atoms with Gasteiger partial charge in [-0.25, -0.2) is 9.48 Å². The van der Waals surface area contributed by atoms with Crippen LogP contribution in [-0.2, 0) is 13.6 Å². The van der Waals surface area contributed by atoms with Crippen molar-refractivity contribution in [2.24, 2.45) is 7.05 Å². The van der Waals surface area contributed by atoms with Crippen molar-refractivity contribution in [1.29, 1.82) is 0 Å². The molecule has 150 valence electrons. The molecule has 0 atom stereocenters. The molecule has 2 N–H and O–H groups in total. The molecular weight excluding hydrogens is 376 g/mol. The van der Waals surface area contributed by atoms with Crippen LogP contribution >= 0.6 is 0 Å². The lowest BCUT2D eigenvalue weighted by molar-refractivity contribution is 0.251. The molecule has 3 aromatic carbocycles. The molecule has 0 aliphatic carbocycles. The van der Waals surface area contributed by atoms with E-state index in [4.69, 9.17) is 0 Å². The number of fused-ring (bicyclic) bond motifs is 1. The summed E-state index contributed by atoms with van der Waals surface area (Å²) in [5.74, 6) is 0. The zero-order valence-corrected chi connectivity index (χ0v) is 16.8. The summed E-state index contributed by atoms with van der Waals surface area (Å²) in [6, 6.07) is 22.5. The van der Waals surface area contributed by atoms with Gasteiger partial charge in [-0.2, -0.15) is 5.10 Å². The molecule has 0 fully saturated rings. The van der Waals surface area contributed by atoms with Gasteiger partial charge in [0.25, 0.3) is 5.56 Å². The van der Waals surface area contributed by atoms with Gasteiger partial charge in [-0.15, -0.1) is 0 Å². The lowest BCUT2D eigenvalue weighted by Crippen LogP contribution is -2.28. The molecule has 0 unspecified atom stereocenters. The lowest BCUT2D eigenvalue weighted by atomic mass is 10.00. The van der Waals surface area contributed by atoms with Crippen molar-refractivity contribution >= 4 is 22.5 Å². The third-order valence-corrected chi connectivity index (χ3v) is 5.04. The minimum atomic E-state index is -0.254. The van der Waals surface area contributed by atoms with Crippen LogP contribution in [0.5, 0.6) is 0 Å². The SMILES string of the molecule is Cc1cc(-c2nn(C)c(=O)c3ccccc23)ccc1CNC(=O)Nc1ccccc1. The molecule has 0 bridgehead atoms. The number of urea groups is 1. The highest BCUT2D eigenvalue weighted by Gasteiger charge is 2.12. The third-order valence-electron chi connectivity index (χ3n) is 5.04. The monoisotopic (exact) mass is 398 g/mol. The number of benzene rings is 3. The number of aromatic nitrogens is 2. The average molecular weight is 398 g/mol. The van der Waals surface area contributed by atoms with Crippen LogP contribution in [0.3, 0.4) is 0 Å². The maximum absolute atomic E-state index is 12.4. The van der Waals surface area contributed by atoms with E-state index >= 15 is 0 Å². The summed E-state index contributed by atoms with van der Waals surface area (Å²) >= 11 is 0. The number of hydrogen-bond donors (Lipinski definition) is 2. The smallest absolute Gasteiger partial charge is 0.319 e. The van der Waals surface area contributed by atoms with Gasteiger partial charge in [-0.1, -0.05) is 48.5 Å².